The van der Waals surface area contributed by atoms with Crippen LogP contribution in [0.25, 0.3) is 11.3 Å². The number of carbonyl (C=O) groups excluding carboxylic acids is 1. The number of methoxy groups -OCH3 is 1. The maximum atomic E-state index is 12.1. The zero-order valence-electron chi connectivity index (χ0n) is 11.7. The molecule has 0 radical (unpaired) electrons. The monoisotopic (exact) mass is 291 g/mol. The van der Waals surface area contributed by atoms with Crippen LogP contribution in [0.1, 0.15) is 23.5 Å². The molecular formula is C14H17N3O2S. The number of rotatable bonds is 5. The zero-order chi connectivity index (χ0) is 14.5. The van der Waals surface area contributed by atoms with Gasteiger partial charge in [0.2, 0.25) is 0 Å². The third kappa shape index (κ3) is 3.33. The van der Waals surface area contributed by atoms with Crippen LogP contribution >= 0.6 is 11.5 Å². The number of amides is 1. The van der Waals surface area contributed by atoms with Crippen LogP contribution in [0.5, 0.6) is 5.75 Å². The number of carbonyl (C=O) groups is 1. The molecule has 106 valence electrons. The Morgan fingerprint density at radius 1 is 1.35 bits per heavy atom. The summed E-state index contributed by atoms with van der Waals surface area (Å²) in [5.74, 6) is 1.05. The Labute approximate surface area is 122 Å². The molecular weight excluding hydrogens is 274 g/mol. The first-order chi connectivity index (χ1) is 9.61. The highest BCUT2D eigenvalue weighted by atomic mass is 32.1. The molecule has 0 spiro atoms. The van der Waals surface area contributed by atoms with E-state index >= 15 is 0 Å². The highest BCUT2D eigenvalue weighted by Crippen LogP contribution is 2.25. The molecule has 20 heavy (non-hydrogen) atoms. The van der Waals surface area contributed by atoms with Crippen LogP contribution in [-0.2, 0) is 0 Å². The van der Waals surface area contributed by atoms with Gasteiger partial charge in [-0.15, -0.1) is 5.10 Å². The van der Waals surface area contributed by atoms with E-state index < -0.39 is 0 Å². The van der Waals surface area contributed by atoms with Crippen LogP contribution in [0.2, 0.25) is 0 Å². The average molecular weight is 291 g/mol. The first kappa shape index (κ1) is 14.5. The van der Waals surface area contributed by atoms with E-state index in [0.717, 1.165) is 22.8 Å². The Morgan fingerprint density at radius 3 is 2.65 bits per heavy atom. The van der Waals surface area contributed by atoms with E-state index in [9.17, 15) is 4.79 Å². The van der Waals surface area contributed by atoms with E-state index in [1.54, 1.807) is 7.11 Å². The van der Waals surface area contributed by atoms with Crippen molar-refractivity contribution < 1.29 is 9.53 Å². The van der Waals surface area contributed by atoms with E-state index in [4.69, 9.17) is 4.74 Å². The van der Waals surface area contributed by atoms with Gasteiger partial charge in [-0.1, -0.05) is 18.3 Å². The minimum absolute atomic E-state index is 0.125. The van der Waals surface area contributed by atoms with Gasteiger partial charge in [0, 0.05) is 12.1 Å². The topological polar surface area (TPSA) is 64.1 Å². The van der Waals surface area contributed by atoms with Crippen molar-refractivity contribution in [2.75, 3.05) is 13.7 Å². The summed E-state index contributed by atoms with van der Waals surface area (Å²) in [6.45, 7) is 4.74. The Morgan fingerprint density at radius 2 is 2.05 bits per heavy atom. The van der Waals surface area contributed by atoms with E-state index in [0.29, 0.717) is 23.0 Å². The average Bonchev–Trinajstić information content (AvgIpc) is 2.94. The van der Waals surface area contributed by atoms with Crippen molar-refractivity contribution in [2.45, 2.75) is 13.8 Å². The van der Waals surface area contributed by atoms with Gasteiger partial charge in [-0.25, -0.2) is 0 Å². The number of nitrogens with zero attached hydrogens (tertiary/aromatic N) is 2. The standard InChI is InChI=1S/C14H17N3O2S/c1-9(2)8-15-14(18)13-12(16-17-20-13)10-4-6-11(19-3)7-5-10/h4-7,9H,8H2,1-3H3,(H,15,18). The summed E-state index contributed by atoms with van der Waals surface area (Å²) in [5, 5.41) is 6.94. The van der Waals surface area contributed by atoms with E-state index in [2.05, 4.69) is 28.8 Å². The molecule has 0 saturated heterocycles. The maximum absolute atomic E-state index is 12.1. The van der Waals surface area contributed by atoms with Gasteiger partial charge in [0.15, 0.2) is 0 Å². The Bertz CT molecular complexity index is 578. The molecule has 1 heterocycles. The molecule has 1 aromatic heterocycles. The van der Waals surface area contributed by atoms with Crippen molar-refractivity contribution >= 4 is 17.4 Å². The van der Waals surface area contributed by atoms with Crippen molar-refractivity contribution in [3.8, 4) is 17.0 Å². The number of hydrogen-bond donors (Lipinski definition) is 1. The fourth-order valence-corrected chi connectivity index (χ4v) is 2.26. The van der Waals surface area contributed by atoms with Gasteiger partial charge in [-0.3, -0.25) is 4.79 Å². The second-order valence-electron chi connectivity index (χ2n) is 4.78. The van der Waals surface area contributed by atoms with Gasteiger partial charge >= 0.3 is 0 Å². The zero-order valence-corrected chi connectivity index (χ0v) is 12.5. The Hall–Kier alpha value is -1.95. The minimum atomic E-state index is -0.125. The lowest BCUT2D eigenvalue weighted by molar-refractivity contribution is 0.0953. The quantitative estimate of drug-likeness (QED) is 0.919. The van der Waals surface area contributed by atoms with Gasteiger partial charge in [-0.05, 0) is 41.7 Å². The third-order valence-electron chi connectivity index (χ3n) is 2.73. The summed E-state index contributed by atoms with van der Waals surface area (Å²) in [7, 11) is 1.62. The SMILES string of the molecule is COc1ccc(-c2nnsc2C(=O)NCC(C)C)cc1. The van der Waals surface area contributed by atoms with Crippen LogP contribution in [0.3, 0.4) is 0 Å². The molecule has 0 fully saturated rings. The number of hydrogen-bond acceptors (Lipinski definition) is 5. The van der Waals surface area contributed by atoms with Gasteiger partial charge in [-0.2, -0.15) is 0 Å². The smallest absolute Gasteiger partial charge is 0.265 e. The molecule has 0 unspecified atom stereocenters. The van der Waals surface area contributed by atoms with Gasteiger partial charge in [0.25, 0.3) is 5.91 Å². The highest BCUT2D eigenvalue weighted by Gasteiger charge is 2.17. The summed E-state index contributed by atoms with van der Waals surface area (Å²) in [5.41, 5.74) is 1.47. The molecule has 2 rings (SSSR count). The molecule has 5 nitrogen and oxygen atoms in total. The number of nitrogens with one attached hydrogen (secondary N) is 1. The van der Waals surface area contributed by atoms with Gasteiger partial charge < -0.3 is 10.1 Å². The molecule has 1 N–H and O–H groups in total. The molecule has 0 bridgehead atoms. The summed E-state index contributed by atoms with van der Waals surface area (Å²) in [4.78, 5) is 12.7. The van der Waals surface area contributed by atoms with Crippen LogP contribution in [-0.4, -0.2) is 29.1 Å². The van der Waals surface area contributed by atoms with E-state index in [1.807, 2.05) is 24.3 Å². The molecule has 2 aromatic rings. The van der Waals surface area contributed by atoms with E-state index in [-0.39, 0.29) is 5.91 Å². The number of aromatic nitrogens is 2. The van der Waals surface area contributed by atoms with Crippen molar-refractivity contribution in [2.24, 2.45) is 5.92 Å². The van der Waals surface area contributed by atoms with Crippen LogP contribution in [0.4, 0.5) is 0 Å². The predicted octanol–water partition coefficient (Wildman–Crippen LogP) is 2.60. The van der Waals surface area contributed by atoms with Crippen LogP contribution in [0.15, 0.2) is 24.3 Å². The molecule has 0 aliphatic rings. The summed E-state index contributed by atoms with van der Waals surface area (Å²) in [6, 6.07) is 7.42. The molecule has 6 heteroatoms. The Kier molecular flexibility index (Phi) is 4.68. The first-order valence-electron chi connectivity index (χ1n) is 6.36. The van der Waals surface area contributed by atoms with Gasteiger partial charge in [0.05, 0.1) is 7.11 Å². The second kappa shape index (κ2) is 6.47. The van der Waals surface area contributed by atoms with Crippen molar-refractivity contribution in [3.05, 3.63) is 29.1 Å². The molecule has 0 aliphatic carbocycles. The normalized spacial score (nSPS) is 10.6. The number of ether oxygens (including phenoxy) is 1. The van der Waals surface area contributed by atoms with Crippen LogP contribution < -0.4 is 10.1 Å². The fraction of sp³-hybridized carbons (Fsp3) is 0.357. The molecule has 1 aromatic carbocycles. The molecule has 0 atom stereocenters. The molecule has 1 amide bonds. The van der Waals surface area contributed by atoms with Crippen molar-refractivity contribution in [3.63, 3.8) is 0 Å². The third-order valence-corrected chi connectivity index (χ3v) is 3.45. The summed E-state index contributed by atoms with van der Waals surface area (Å²) in [6.07, 6.45) is 0. The Balaban J connectivity index is 2.20. The second-order valence-corrected chi connectivity index (χ2v) is 5.54. The first-order valence-corrected chi connectivity index (χ1v) is 7.14. The van der Waals surface area contributed by atoms with Crippen molar-refractivity contribution in [1.82, 2.24) is 14.9 Å². The molecule has 0 saturated carbocycles. The maximum Gasteiger partial charge on any atom is 0.265 e. The fourth-order valence-electron chi connectivity index (χ4n) is 1.65. The van der Waals surface area contributed by atoms with Crippen LogP contribution in [0, 0.1) is 5.92 Å². The van der Waals surface area contributed by atoms with Gasteiger partial charge in [0.1, 0.15) is 16.3 Å². The summed E-state index contributed by atoms with van der Waals surface area (Å²) >= 11 is 1.11. The molecule has 0 aliphatic heterocycles. The highest BCUT2D eigenvalue weighted by molar-refractivity contribution is 7.08. The van der Waals surface area contributed by atoms with E-state index in [1.165, 1.54) is 0 Å². The lowest BCUT2D eigenvalue weighted by Gasteiger charge is -2.07. The lowest BCUT2D eigenvalue weighted by Crippen LogP contribution is -2.27. The minimum Gasteiger partial charge on any atom is -0.497 e. The lowest BCUT2D eigenvalue weighted by atomic mass is 10.1. The summed E-state index contributed by atoms with van der Waals surface area (Å²) < 4.78 is 9.01. The number of benzene rings is 1. The predicted molar refractivity (Wildman–Crippen MR) is 79.1 cm³/mol. The van der Waals surface area contributed by atoms with Crippen molar-refractivity contribution in [1.29, 1.82) is 0 Å². The largest absolute Gasteiger partial charge is 0.497 e.